The molecule has 166 valence electrons. The highest BCUT2D eigenvalue weighted by Gasteiger charge is 2.38. The lowest BCUT2D eigenvalue weighted by Gasteiger charge is -2.34. The van der Waals surface area contributed by atoms with Crippen molar-refractivity contribution in [3.8, 4) is 11.4 Å². The molecule has 0 radical (unpaired) electrons. The summed E-state index contributed by atoms with van der Waals surface area (Å²) in [5.74, 6) is -2.84. The van der Waals surface area contributed by atoms with E-state index in [1.165, 1.54) is 15.2 Å². The van der Waals surface area contributed by atoms with Gasteiger partial charge in [-0.05, 0) is 24.3 Å². The van der Waals surface area contributed by atoms with Crippen molar-refractivity contribution in [2.75, 3.05) is 37.3 Å². The summed E-state index contributed by atoms with van der Waals surface area (Å²) in [5, 5.41) is 13.2. The molecule has 0 saturated carbocycles. The van der Waals surface area contributed by atoms with Crippen LogP contribution in [0, 0.1) is 5.82 Å². The van der Waals surface area contributed by atoms with Gasteiger partial charge in [0.25, 0.3) is 0 Å². The number of hydrogen-bond donors (Lipinski definition) is 1. The van der Waals surface area contributed by atoms with Gasteiger partial charge in [-0.15, -0.1) is 0 Å². The summed E-state index contributed by atoms with van der Waals surface area (Å²) in [7, 11) is -3.24. The first-order valence-electron chi connectivity index (χ1n) is 9.24. The van der Waals surface area contributed by atoms with Crippen LogP contribution in [0.2, 0.25) is 0 Å². The molecule has 0 spiro atoms. The van der Waals surface area contributed by atoms with E-state index in [9.17, 15) is 31.1 Å². The summed E-state index contributed by atoms with van der Waals surface area (Å²) in [4.78, 5) is 2.00. The summed E-state index contributed by atoms with van der Waals surface area (Å²) >= 11 is 0. The second-order valence-corrected chi connectivity index (χ2v) is 9.22. The molecule has 1 aliphatic heterocycles. The number of sulfonamides is 1. The van der Waals surface area contributed by atoms with E-state index in [2.05, 4.69) is 5.10 Å². The molecule has 0 unspecified atom stereocenters. The number of aromatic nitrogens is 2. The number of piperazine rings is 1. The zero-order valence-electron chi connectivity index (χ0n) is 16.3. The first-order chi connectivity index (χ1) is 14.5. The Morgan fingerprint density at radius 2 is 1.61 bits per heavy atom. The Kier molecular flexibility index (Phi) is 5.09. The first-order valence-corrected chi connectivity index (χ1v) is 11.1. The van der Waals surface area contributed by atoms with Crippen molar-refractivity contribution >= 4 is 26.6 Å². The fourth-order valence-electron chi connectivity index (χ4n) is 3.69. The number of aromatic hydroxyl groups is 1. The summed E-state index contributed by atoms with van der Waals surface area (Å²) in [6.07, 6.45) is -2.91. The molecular weight excluding hydrogens is 440 g/mol. The van der Waals surface area contributed by atoms with Gasteiger partial charge in [-0.25, -0.2) is 17.5 Å². The van der Waals surface area contributed by atoms with Gasteiger partial charge in [-0.3, -0.25) is 0 Å². The molecule has 1 N–H and O–H groups in total. The average Bonchev–Trinajstić information content (AvgIpc) is 3.10. The van der Waals surface area contributed by atoms with Crippen LogP contribution >= 0.6 is 0 Å². The zero-order chi connectivity index (χ0) is 22.6. The maximum atomic E-state index is 13.9. The lowest BCUT2D eigenvalue weighted by atomic mass is 10.1. The minimum atomic E-state index is -4.99. The molecule has 1 fully saturated rings. The maximum absolute atomic E-state index is 13.9. The quantitative estimate of drug-likeness (QED) is 0.611. The third-order valence-corrected chi connectivity index (χ3v) is 6.55. The normalized spacial score (nSPS) is 16.2. The predicted octanol–water partition coefficient (Wildman–Crippen LogP) is 2.97. The van der Waals surface area contributed by atoms with Crippen LogP contribution in [0.5, 0.6) is 5.75 Å². The average molecular weight is 458 g/mol. The van der Waals surface area contributed by atoms with Crippen molar-refractivity contribution in [2.24, 2.45) is 0 Å². The second kappa shape index (κ2) is 7.38. The molecule has 7 nitrogen and oxygen atoms in total. The van der Waals surface area contributed by atoms with E-state index in [0.717, 1.165) is 18.0 Å². The summed E-state index contributed by atoms with van der Waals surface area (Å²) in [6, 6.07) is 7.67. The van der Waals surface area contributed by atoms with E-state index < -0.39 is 38.7 Å². The summed E-state index contributed by atoms with van der Waals surface area (Å²) < 4.78 is 79.7. The fourth-order valence-corrected chi connectivity index (χ4v) is 4.52. The van der Waals surface area contributed by atoms with Gasteiger partial charge in [0.15, 0.2) is 11.6 Å². The summed E-state index contributed by atoms with van der Waals surface area (Å²) in [5.41, 5.74) is -0.402. The summed E-state index contributed by atoms with van der Waals surface area (Å²) in [6.45, 7) is 1.71. The maximum Gasteiger partial charge on any atom is 0.420 e. The van der Waals surface area contributed by atoms with E-state index in [0.29, 0.717) is 31.9 Å². The number of phenolic OH excluding ortho intramolecular Hbond substituents is 1. The molecule has 0 aliphatic carbocycles. The van der Waals surface area contributed by atoms with Gasteiger partial charge in [0, 0.05) is 43.3 Å². The van der Waals surface area contributed by atoms with Gasteiger partial charge in [0.1, 0.15) is 5.56 Å². The molecule has 1 aromatic heterocycles. The standard InChI is InChI=1S/C19H18F4N4O3S/c1-31(29,30)26-8-6-25(7-9-26)12-2-4-13(5-3-12)27-15-10-16(28)18(20)17(19(21,22)23)14(15)11-24-27/h2-5,10-11,28H,6-9H2,1H3. The van der Waals surface area contributed by atoms with Gasteiger partial charge >= 0.3 is 6.18 Å². The number of rotatable bonds is 3. The van der Waals surface area contributed by atoms with Crippen LogP contribution in [0.3, 0.4) is 0 Å². The van der Waals surface area contributed by atoms with Gasteiger partial charge < -0.3 is 10.0 Å². The van der Waals surface area contributed by atoms with Crippen molar-refractivity contribution < 1.29 is 31.1 Å². The number of fused-ring (bicyclic) bond motifs is 1. The van der Waals surface area contributed by atoms with E-state index in [1.54, 1.807) is 24.3 Å². The monoisotopic (exact) mass is 458 g/mol. The molecule has 3 aromatic rings. The highest BCUT2D eigenvalue weighted by atomic mass is 32.2. The Labute approximate surface area is 175 Å². The van der Waals surface area contributed by atoms with E-state index in [1.807, 2.05) is 4.90 Å². The highest BCUT2D eigenvalue weighted by Crippen LogP contribution is 2.40. The van der Waals surface area contributed by atoms with Crippen LogP contribution < -0.4 is 4.90 Å². The lowest BCUT2D eigenvalue weighted by Crippen LogP contribution is -2.48. The van der Waals surface area contributed by atoms with Gasteiger partial charge in [-0.2, -0.15) is 22.6 Å². The fraction of sp³-hybridized carbons (Fsp3) is 0.316. The topological polar surface area (TPSA) is 78.7 Å². The Hall–Kier alpha value is -2.86. The highest BCUT2D eigenvalue weighted by molar-refractivity contribution is 7.88. The zero-order valence-corrected chi connectivity index (χ0v) is 17.1. The first kappa shape index (κ1) is 21.4. The van der Waals surface area contributed by atoms with Gasteiger partial charge in [0.2, 0.25) is 10.0 Å². The van der Waals surface area contributed by atoms with Crippen LogP contribution in [-0.2, 0) is 16.2 Å². The number of halogens is 4. The molecular formula is C19H18F4N4O3S. The molecule has 31 heavy (non-hydrogen) atoms. The second-order valence-electron chi connectivity index (χ2n) is 7.24. The van der Waals surface area contributed by atoms with Crippen LogP contribution in [0.4, 0.5) is 23.2 Å². The molecule has 1 saturated heterocycles. The molecule has 2 heterocycles. The smallest absolute Gasteiger partial charge is 0.420 e. The minimum Gasteiger partial charge on any atom is -0.505 e. The van der Waals surface area contributed by atoms with Crippen molar-refractivity contribution in [3.05, 3.63) is 47.9 Å². The van der Waals surface area contributed by atoms with Gasteiger partial charge in [0.05, 0.1) is 23.7 Å². The molecule has 0 bridgehead atoms. The van der Waals surface area contributed by atoms with Gasteiger partial charge in [-0.1, -0.05) is 0 Å². The van der Waals surface area contributed by atoms with Crippen molar-refractivity contribution in [1.29, 1.82) is 0 Å². The van der Waals surface area contributed by atoms with Crippen LogP contribution in [0.15, 0.2) is 36.5 Å². The number of phenols is 1. The van der Waals surface area contributed by atoms with Crippen LogP contribution in [0.25, 0.3) is 16.6 Å². The third kappa shape index (κ3) is 3.92. The van der Waals surface area contributed by atoms with Crippen LogP contribution in [0.1, 0.15) is 5.56 Å². The SMILES string of the molecule is CS(=O)(=O)N1CCN(c2ccc(-n3ncc4c(C(F)(F)F)c(F)c(O)cc43)cc2)CC1. The van der Waals surface area contributed by atoms with E-state index in [4.69, 9.17) is 0 Å². The van der Waals surface area contributed by atoms with Crippen molar-refractivity contribution in [2.45, 2.75) is 6.18 Å². The van der Waals surface area contributed by atoms with E-state index in [-0.39, 0.29) is 5.52 Å². The number of nitrogens with zero attached hydrogens (tertiary/aromatic N) is 4. The number of anilines is 1. The molecule has 1 aliphatic rings. The Balaban J connectivity index is 1.64. The Bertz CT molecular complexity index is 1230. The lowest BCUT2D eigenvalue weighted by molar-refractivity contribution is -0.138. The number of alkyl halides is 3. The largest absolute Gasteiger partial charge is 0.505 e. The van der Waals surface area contributed by atoms with Crippen molar-refractivity contribution in [1.82, 2.24) is 14.1 Å². The minimum absolute atomic E-state index is 0.0826. The van der Waals surface area contributed by atoms with Crippen LogP contribution in [-0.4, -0.2) is 60.0 Å². The Morgan fingerprint density at radius 3 is 2.16 bits per heavy atom. The third-order valence-electron chi connectivity index (χ3n) is 5.24. The number of benzene rings is 2. The number of hydrogen-bond acceptors (Lipinski definition) is 5. The molecule has 2 aromatic carbocycles. The van der Waals surface area contributed by atoms with Crippen molar-refractivity contribution in [3.63, 3.8) is 0 Å². The molecule has 0 amide bonds. The Morgan fingerprint density at radius 1 is 1.03 bits per heavy atom. The molecule has 0 atom stereocenters. The molecule has 12 heteroatoms. The van der Waals surface area contributed by atoms with E-state index >= 15 is 0 Å². The predicted molar refractivity (Wildman–Crippen MR) is 106 cm³/mol. The molecule has 4 rings (SSSR count).